The zero-order chi connectivity index (χ0) is 34.2. The van der Waals surface area contributed by atoms with Gasteiger partial charge in [-0.25, -0.2) is 0 Å². The van der Waals surface area contributed by atoms with Crippen LogP contribution >= 0.6 is 11.3 Å². The molecule has 0 saturated heterocycles. The molecule has 244 valence electrons. The summed E-state index contributed by atoms with van der Waals surface area (Å²) in [5.74, 6) is 0. The number of para-hydroxylation sites is 2. The molecule has 0 bridgehead atoms. The normalized spacial score (nSPS) is 11.8. The van der Waals surface area contributed by atoms with Gasteiger partial charge in [-0.3, -0.25) is 0 Å². The van der Waals surface area contributed by atoms with E-state index in [-0.39, 0.29) is 0 Å². The number of fused-ring (bicyclic) bond motifs is 9. The van der Waals surface area contributed by atoms with Crippen LogP contribution in [0.3, 0.4) is 0 Å². The van der Waals surface area contributed by atoms with E-state index in [0.717, 1.165) is 22.7 Å². The summed E-state index contributed by atoms with van der Waals surface area (Å²) in [5, 5.41) is 7.89. The minimum Gasteiger partial charge on any atom is -0.0602 e. The number of anilines is 3. The average molecular weight is 746 g/mol. The molecule has 0 atom stereocenters. The number of rotatable bonds is 5. The van der Waals surface area contributed by atoms with Gasteiger partial charge in [0.15, 0.2) is 0 Å². The molecule has 8 aromatic carbocycles. The molecule has 11 aromatic rings. The van der Waals surface area contributed by atoms with Crippen molar-refractivity contribution in [3.63, 3.8) is 0 Å². The SMILES string of the molecule is c1ccc(-n2c3ccccc3c3ccc(N(c4ccc(-c5ccc6c(c5)[se]c5ccccc56)cc4)c4ccc5sc6ccccc6c5c4)cc32)cc1. The number of thiophene rings is 1. The van der Waals surface area contributed by atoms with Crippen LogP contribution in [0.25, 0.3) is 78.1 Å². The minimum atomic E-state index is 0.337. The Labute approximate surface area is 310 Å². The minimum absolute atomic E-state index is 0.337. The van der Waals surface area contributed by atoms with Crippen LogP contribution in [0.4, 0.5) is 17.1 Å². The fraction of sp³-hybridized carbons (Fsp3) is 0. The van der Waals surface area contributed by atoms with Crippen LogP contribution in [0.2, 0.25) is 0 Å². The number of hydrogen-bond donors (Lipinski definition) is 0. The number of hydrogen-bond acceptors (Lipinski definition) is 2. The molecule has 0 saturated carbocycles. The van der Waals surface area contributed by atoms with E-state index in [1.807, 2.05) is 11.3 Å². The third-order valence-electron chi connectivity index (χ3n) is 10.4. The second-order valence-electron chi connectivity index (χ2n) is 13.4. The maximum atomic E-state index is 2.42. The third kappa shape index (κ3) is 4.69. The molecule has 0 unspecified atom stereocenters. The van der Waals surface area contributed by atoms with Gasteiger partial charge in [-0.15, -0.1) is 11.3 Å². The van der Waals surface area contributed by atoms with Gasteiger partial charge < -0.3 is 0 Å². The largest absolute Gasteiger partial charge is 0.0602 e. The Bertz CT molecular complexity index is 3130. The molecule has 2 nitrogen and oxygen atoms in total. The van der Waals surface area contributed by atoms with Crippen molar-refractivity contribution in [3.8, 4) is 16.8 Å². The predicted molar refractivity (Wildman–Crippen MR) is 226 cm³/mol. The first kappa shape index (κ1) is 29.8. The average Bonchev–Trinajstić information content (AvgIpc) is 3.87. The summed E-state index contributed by atoms with van der Waals surface area (Å²) in [6, 6.07) is 67.1. The van der Waals surface area contributed by atoms with Crippen LogP contribution in [-0.4, -0.2) is 19.1 Å². The van der Waals surface area contributed by atoms with E-state index in [4.69, 9.17) is 0 Å². The summed E-state index contributed by atoms with van der Waals surface area (Å²) in [6.45, 7) is 0. The van der Waals surface area contributed by atoms with Gasteiger partial charge in [-0.1, -0.05) is 54.6 Å². The van der Waals surface area contributed by atoms with E-state index < -0.39 is 0 Å². The first-order chi connectivity index (χ1) is 25.8. The number of nitrogens with zero attached hydrogens (tertiary/aromatic N) is 2. The van der Waals surface area contributed by atoms with Gasteiger partial charge in [0.1, 0.15) is 0 Å². The van der Waals surface area contributed by atoms with Gasteiger partial charge in [-0.2, -0.15) is 0 Å². The van der Waals surface area contributed by atoms with Crippen molar-refractivity contribution in [2.75, 3.05) is 4.90 Å². The molecule has 0 aliphatic carbocycles. The fourth-order valence-corrected chi connectivity index (χ4v) is 11.5. The van der Waals surface area contributed by atoms with Crippen LogP contribution in [0.15, 0.2) is 182 Å². The molecule has 0 aliphatic rings. The zero-order valence-corrected chi connectivity index (χ0v) is 30.6. The molecule has 52 heavy (non-hydrogen) atoms. The molecule has 0 N–H and O–H groups in total. The van der Waals surface area contributed by atoms with E-state index >= 15 is 0 Å². The van der Waals surface area contributed by atoms with E-state index in [1.165, 1.54) is 72.4 Å². The van der Waals surface area contributed by atoms with Crippen molar-refractivity contribution in [1.29, 1.82) is 0 Å². The maximum absolute atomic E-state index is 2.42. The molecular formula is C48H30N2SSe. The number of benzene rings is 8. The molecule has 3 heterocycles. The monoisotopic (exact) mass is 746 g/mol. The Morgan fingerprint density at radius 3 is 1.88 bits per heavy atom. The Balaban J connectivity index is 1.09. The summed E-state index contributed by atoms with van der Waals surface area (Å²) in [7, 11) is 0. The van der Waals surface area contributed by atoms with E-state index in [1.54, 1.807) is 0 Å². The van der Waals surface area contributed by atoms with Crippen molar-refractivity contribution >= 4 is 104 Å². The van der Waals surface area contributed by atoms with Crippen molar-refractivity contribution in [2.45, 2.75) is 0 Å². The first-order valence-corrected chi connectivity index (χ1v) is 20.1. The fourth-order valence-electron chi connectivity index (χ4n) is 7.96. The molecule has 11 rings (SSSR count). The molecule has 0 radical (unpaired) electrons. The van der Waals surface area contributed by atoms with E-state index in [9.17, 15) is 0 Å². The van der Waals surface area contributed by atoms with Gasteiger partial charge in [0.25, 0.3) is 0 Å². The van der Waals surface area contributed by atoms with Crippen LogP contribution < -0.4 is 4.90 Å². The quantitative estimate of drug-likeness (QED) is 0.159. The summed E-state index contributed by atoms with van der Waals surface area (Å²) >= 11 is 2.20. The summed E-state index contributed by atoms with van der Waals surface area (Å²) in [6.07, 6.45) is 0. The Hall–Kier alpha value is -5.90. The summed E-state index contributed by atoms with van der Waals surface area (Å²) < 4.78 is 7.97. The van der Waals surface area contributed by atoms with Gasteiger partial charge >= 0.3 is 201 Å². The molecule has 4 heteroatoms. The molecule has 0 amide bonds. The van der Waals surface area contributed by atoms with Crippen LogP contribution in [0, 0.1) is 0 Å². The van der Waals surface area contributed by atoms with Crippen molar-refractivity contribution in [3.05, 3.63) is 182 Å². The third-order valence-corrected chi connectivity index (χ3v) is 13.9. The van der Waals surface area contributed by atoms with Crippen LogP contribution in [-0.2, 0) is 0 Å². The Morgan fingerprint density at radius 2 is 1.00 bits per heavy atom. The number of aromatic nitrogens is 1. The smallest absolute Gasteiger partial charge is 0.0380 e. The van der Waals surface area contributed by atoms with Crippen molar-refractivity contribution in [1.82, 2.24) is 4.57 Å². The standard InChI is InChI=1S/C48H30N2SSe/c1-2-10-33(11-3-1)50-43-15-7-4-12-37(43)38-26-23-36(30-44(38)50)49(35-24-27-46-42(29-35)39-13-5-8-16-45(39)51-46)34-21-18-31(19-22-34)32-20-25-41-40-14-6-9-17-47(40)52-48(41)28-32/h1-30H. The molecular weight excluding hydrogens is 716 g/mol. The molecule has 0 fully saturated rings. The molecule has 3 aromatic heterocycles. The molecule has 0 aliphatic heterocycles. The summed E-state index contributed by atoms with van der Waals surface area (Å²) in [5.41, 5.74) is 9.45. The van der Waals surface area contributed by atoms with Crippen LogP contribution in [0.1, 0.15) is 0 Å². The topological polar surface area (TPSA) is 8.17 Å². The zero-order valence-electron chi connectivity index (χ0n) is 28.0. The van der Waals surface area contributed by atoms with Crippen molar-refractivity contribution < 1.29 is 0 Å². The second-order valence-corrected chi connectivity index (χ2v) is 16.7. The predicted octanol–water partition coefficient (Wildman–Crippen LogP) is 13.7. The van der Waals surface area contributed by atoms with Gasteiger partial charge in [0.05, 0.1) is 5.52 Å². The summed E-state index contributed by atoms with van der Waals surface area (Å²) in [4.78, 5) is 2.42. The first-order valence-electron chi connectivity index (χ1n) is 17.6. The second kappa shape index (κ2) is 11.8. The van der Waals surface area contributed by atoms with Crippen LogP contribution in [0.5, 0.6) is 0 Å². The molecule has 0 spiro atoms. The van der Waals surface area contributed by atoms with Gasteiger partial charge in [0, 0.05) is 15.8 Å². The Kier molecular flexibility index (Phi) is 6.78. The van der Waals surface area contributed by atoms with E-state index in [2.05, 4.69) is 191 Å². The Morgan fingerprint density at radius 1 is 0.385 bits per heavy atom. The maximum Gasteiger partial charge on any atom is -0.0380 e. The van der Waals surface area contributed by atoms with Gasteiger partial charge in [0.2, 0.25) is 0 Å². The van der Waals surface area contributed by atoms with Gasteiger partial charge in [-0.05, 0) is 24.3 Å². The van der Waals surface area contributed by atoms with Crippen molar-refractivity contribution in [2.24, 2.45) is 0 Å². The van der Waals surface area contributed by atoms with E-state index in [0.29, 0.717) is 14.5 Å².